The molecule has 1 saturated carbocycles. The van der Waals surface area contributed by atoms with Crippen LogP contribution in [0.25, 0.3) is 0 Å². The van der Waals surface area contributed by atoms with Crippen molar-refractivity contribution in [3.8, 4) is 23.0 Å². The topological polar surface area (TPSA) is 112 Å². The van der Waals surface area contributed by atoms with Crippen molar-refractivity contribution in [1.29, 1.82) is 0 Å². The molecule has 10 heteroatoms. The van der Waals surface area contributed by atoms with Crippen LogP contribution >= 0.6 is 0 Å². The van der Waals surface area contributed by atoms with Gasteiger partial charge in [0.25, 0.3) is 5.91 Å². The van der Waals surface area contributed by atoms with E-state index in [4.69, 9.17) is 18.9 Å². The molecule has 0 radical (unpaired) electrons. The van der Waals surface area contributed by atoms with Crippen LogP contribution in [0.15, 0.2) is 55.0 Å². The maximum absolute atomic E-state index is 14.2. The van der Waals surface area contributed by atoms with Gasteiger partial charge in [-0.3, -0.25) is 14.6 Å². The van der Waals surface area contributed by atoms with Gasteiger partial charge in [-0.15, -0.1) is 0 Å². The van der Waals surface area contributed by atoms with E-state index >= 15 is 0 Å². The zero-order chi connectivity index (χ0) is 28.5. The molecule has 1 heterocycles. The van der Waals surface area contributed by atoms with Gasteiger partial charge >= 0.3 is 0 Å². The van der Waals surface area contributed by atoms with Crippen molar-refractivity contribution in [2.24, 2.45) is 0 Å². The number of benzene rings is 2. The number of hydrogen-bond acceptors (Lipinski definition) is 8. The molecule has 40 heavy (non-hydrogen) atoms. The van der Waals surface area contributed by atoms with Gasteiger partial charge < -0.3 is 29.2 Å². The van der Waals surface area contributed by atoms with E-state index in [2.05, 4.69) is 15.3 Å². The molecule has 0 aliphatic heterocycles. The van der Waals surface area contributed by atoms with Crippen molar-refractivity contribution in [2.75, 3.05) is 28.4 Å². The Balaban J connectivity index is 1.86. The lowest BCUT2D eigenvalue weighted by Gasteiger charge is -2.33. The zero-order valence-electron chi connectivity index (χ0n) is 23.4. The molecule has 2 aromatic carbocycles. The third-order valence-electron chi connectivity index (χ3n) is 7.04. The van der Waals surface area contributed by atoms with Crippen LogP contribution in [0.2, 0.25) is 0 Å². The Bertz CT molecular complexity index is 1270. The number of carbonyl (C=O) groups is 2. The first-order valence-corrected chi connectivity index (χ1v) is 13.3. The lowest BCUT2D eigenvalue weighted by molar-refractivity contribution is -0.127. The molecule has 4 rings (SSSR count). The third-order valence-corrected chi connectivity index (χ3v) is 7.04. The van der Waals surface area contributed by atoms with Crippen LogP contribution in [0, 0.1) is 0 Å². The number of ether oxygens (including phenoxy) is 4. The first kappa shape index (κ1) is 28.7. The van der Waals surface area contributed by atoms with Crippen molar-refractivity contribution in [3.05, 3.63) is 71.8 Å². The predicted molar refractivity (Wildman–Crippen MR) is 149 cm³/mol. The lowest BCUT2D eigenvalue weighted by Crippen LogP contribution is -2.47. The highest BCUT2D eigenvalue weighted by Crippen LogP contribution is 2.41. The van der Waals surface area contributed by atoms with Crippen molar-refractivity contribution in [2.45, 2.75) is 50.7 Å². The molecule has 1 N–H and O–H groups in total. The number of methoxy groups -OCH3 is 4. The molecule has 1 aromatic heterocycles. The molecule has 2 amide bonds. The summed E-state index contributed by atoms with van der Waals surface area (Å²) in [7, 11) is 6.12. The van der Waals surface area contributed by atoms with E-state index < -0.39 is 11.9 Å². The monoisotopic (exact) mass is 548 g/mol. The van der Waals surface area contributed by atoms with Gasteiger partial charge in [0.05, 0.1) is 34.6 Å². The van der Waals surface area contributed by atoms with Crippen LogP contribution in [0.1, 0.15) is 59.8 Å². The van der Waals surface area contributed by atoms with Gasteiger partial charge in [0.1, 0.15) is 17.5 Å². The van der Waals surface area contributed by atoms with E-state index in [0.717, 1.165) is 37.7 Å². The molecule has 212 valence electrons. The maximum atomic E-state index is 14.2. The second kappa shape index (κ2) is 13.6. The molecule has 1 atom stereocenters. The van der Waals surface area contributed by atoms with Crippen LogP contribution < -0.4 is 24.3 Å². The molecule has 1 fully saturated rings. The summed E-state index contributed by atoms with van der Waals surface area (Å²) >= 11 is 0. The molecular formula is C30H36N4O6. The van der Waals surface area contributed by atoms with Crippen molar-refractivity contribution >= 4 is 11.8 Å². The molecular weight excluding hydrogens is 512 g/mol. The number of aromatic nitrogens is 2. The van der Waals surface area contributed by atoms with Crippen LogP contribution in [0.3, 0.4) is 0 Å². The van der Waals surface area contributed by atoms with Crippen LogP contribution in [0.4, 0.5) is 0 Å². The SMILES string of the molecule is COc1cccc(CN(C(=O)c2cnccn2)[C@H](C(=O)NC2CCCCC2)c2cc(OC)c(OC)c(OC)c2)c1. The summed E-state index contributed by atoms with van der Waals surface area (Å²) in [6.45, 7) is 0.103. The van der Waals surface area contributed by atoms with Gasteiger partial charge in [0.2, 0.25) is 11.7 Å². The number of nitrogens with zero attached hydrogens (tertiary/aromatic N) is 3. The Kier molecular flexibility index (Phi) is 9.77. The Labute approximate surface area is 234 Å². The van der Waals surface area contributed by atoms with E-state index in [0.29, 0.717) is 28.6 Å². The standard InChI is InChI=1S/C30H36N4O6/c1-37-23-12-8-9-20(15-23)19-34(30(36)24-18-31-13-14-32-24)27(29(35)33-22-10-6-5-7-11-22)21-16-25(38-2)28(40-4)26(17-21)39-3/h8-9,12-18,22,27H,5-7,10-11,19H2,1-4H3,(H,33,35)/t27-/m0/s1. The molecule has 1 aliphatic carbocycles. The van der Waals surface area contributed by atoms with Crippen LogP contribution in [-0.2, 0) is 11.3 Å². The summed E-state index contributed by atoms with van der Waals surface area (Å²) in [5.41, 5.74) is 1.40. The number of amides is 2. The quantitative estimate of drug-likeness (QED) is 0.377. The first-order chi connectivity index (χ1) is 19.5. The fourth-order valence-electron chi connectivity index (χ4n) is 5.06. The molecule has 0 unspecified atom stereocenters. The normalized spacial score (nSPS) is 14.1. The summed E-state index contributed by atoms with van der Waals surface area (Å²) < 4.78 is 22.1. The third kappa shape index (κ3) is 6.62. The molecule has 3 aromatic rings. The Hall–Kier alpha value is -4.34. The van der Waals surface area contributed by atoms with Crippen molar-refractivity contribution in [1.82, 2.24) is 20.2 Å². The highest BCUT2D eigenvalue weighted by atomic mass is 16.5. The summed E-state index contributed by atoms with van der Waals surface area (Å²) in [4.78, 5) is 38.1. The zero-order valence-corrected chi connectivity index (χ0v) is 23.4. The Morgan fingerprint density at radius 3 is 2.27 bits per heavy atom. The summed E-state index contributed by atoms with van der Waals surface area (Å²) in [6, 6.07) is 9.77. The van der Waals surface area contributed by atoms with Crippen molar-refractivity contribution < 1.29 is 28.5 Å². The Morgan fingerprint density at radius 1 is 0.950 bits per heavy atom. The van der Waals surface area contributed by atoms with Crippen LogP contribution in [-0.4, -0.2) is 61.2 Å². The van der Waals surface area contributed by atoms with Gasteiger partial charge in [0.15, 0.2) is 11.5 Å². The number of rotatable bonds is 11. The molecule has 10 nitrogen and oxygen atoms in total. The number of nitrogens with one attached hydrogen (secondary N) is 1. The maximum Gasteiger partial charge on any atom is 0.275 e. The smallest absolute Gasteiger partial charge is 0.275 e. The van der Waals surface area contributed by atoms with E-state index in [-0.39, 0.29) is 24.2 Å². The predicted octanol–water partition coefficient (Wildman–Crippen LogP) is 4.34. The molecule has 0 saturated heterocycles. The fourth-order valence-corrected chi connectivity index (χ4v) is 5.06. The van der Waals surface area contributed by atoms with Crippen LogP contribution in [0.5, 0.6) is 23.0 Å². The van der Waals surface area contributed by atoms with Gasteiger partial charge in [-0.2, -0.15) is 0 Å². The Morgan fingerprint density at radius 2 is 1.68 bits per heavy atom. The minimum atomic E-state index is -1.05. The van der Waals surface area contributed by atoms with E-state index in [1.54, 1.807) is 19.2 Å². The van der Waals surface area contributed by atoms with Gasteiger partial charge in [-0.05, 0) is 48.2 Å². The number of hydrogen-bond donors (Lipinski definition) is 1. The second-order valence-electron chi connectivity index (χ2n) is 9.58. The van der Waals surface area contributed by atoms with E-state index in [1.165, 1.54) is 44.8 Å². The van der Waals surface area contributed by atoms with E-state index in [9.17, 15) is 9.59 Å². The fraction of sp³-hybridized carbons (Fsp3) is 0.400. The van der Waals surface area contributed by atoms with Crippen molar-refractivity contribution in [3.63, 3.8) is 0 Å². The largest absolute Gasteiger partial charge is 0.497 e. The van der Waals surface area contributed by atoms with E-state index in [1.807, 2.05) is 24.3 Å². The minimum absolute atomic E-state index is 0.0241. The summed E-state index contributed by atoms with van der Waals surface area (Å²) in [5, 5.41) is 3.21. The second-order valence-corrected chi connectivity index (χ2v) is 9.58. The lowest BCUT2D eigenvalue weighted by atomic mass is 9.94. The summed E-state index contributed by atoms with van der Waals surface area (Å²) in [6.07, 6.45) is 9.37. The minimum Gasteiger partial charge on any atom is -0.497 e. The summed E-state index contributed by atoms with van der Waals surface area (Å²) in [5.74, 6) is 1.02. The number of carbonyl (C=O) groups excluding carboxylic acids is 2. The molecule has 0 spiro atoms. The van der Waals surface area contributed by atoms with Gasteiger partial charge in [-0.1, -0.05) is 31.4 Å². The average Bonchev–Trinajstić information content (AvgIpc) is 3.00. The molecule has 1 aliphatic rings. The van der Waals surface area contributed by atoms with Gasteiger partial charge in [0, 0.05) is 25.0 Å². The highest BCUT2D eigenvalue weighted by molar-refractivity contribution is 5.96. The highest BCUT2D eigenvalue weighted by Gasteiger charge is 2.35. The average molecular weight is 549 g/mol. The first-order valence-electron chi connectivity index (χ1n) is 13.3. The van der Waals surface area contributed by atoms with Gasteiger partial charge in [-0.25, -0.2) is 4.98 Å². The molecule has 0 bridgehead atoms.